The van der Waals surface area contributed by atoms with Crippen molar-refractivity contribution < 1.29 is 9.47 Å². The summed E-state index contributed by atoms with van der Waals surface area (Å²) in [6, 6.07) is 17.1. The lowest BCUT2D eigenvalue weighted by Crippen LogP contribution is -2.03. The first-order chi connectivity index (χ1) is 10.8. The average Bonchev–Trinajstić information content (AvgIpc) is 2.56. The predicted molar refractivity (Wildman–Crippen MR) is 101 cm³/mol. The molecule has 0 aliphatic heterocycles. The van der Waals surface area contributed by atoms with Gasteiger partial charge in [0.1, 0.15) is 6.79 Å². The maximum atomic E-state index is 5.41. The number of rotatable bonds is 8. The van der Waals surface area contributed by atoms with Crippen LogP contribution in [0.3, 0.4) is 0 Å². The molecule has 0 unspecified atom stereocenters. The fourth-order valence-electron chi connectivity index (χ4n) is 2.22. The van der Waals surface area contributed by atoms with E-state index in [2.05, 4.69) is 77.2 Å². The second-order valence-electron chi connectivity index (χ2n) is 4.85. The van der Waals surface area contributed by atoms with Gasteiger partial charge in [0, 0.05) is 6.61 Å². The van der Waals surface area contributed by atoms with Crippen molar-refractivity contribution in [3.05, 3.63) is 63.7 Å². The molecule has 2 nitrogen and oxygen atoms in total. The molecular weight excluding hydrogens is 387 g/mol. The summed E-state index contributed by atoms with van der Waals surface area (Å²) in [6.07, 6.45) is 3.04. The van der Waals surface area contributed by atoms with Crippen molar-refractivity contribution in [3.8, 4) is 11.1 Å². The van der Waals surface area contributed by atoms with E-state index in [1.54, 1.807) is 0 Å². The molecule has 3 heteroatoms. The minimum atomic E-state index is 0.380. The van der Waals surface area contributed by atoms with Gasteiger partial charge < -0.3 is 9.47 Å². The van der Waals surface area contributed by atoms with Crippen LogP contribution in [0.25, 0.3) is 17.2 Å². The highest BCUT2D eigenvalue weighted by atomic mass is 127. The Bertz CT molecular complexity index is 591. The molecule has 0 aliphatic rings. The SMILES string of the molecule is CCOCOCCc1ccc(-c2ccccc2/C=C/I)cc1. The van der Waals surface area contributed by atoms with Crippen molar-refractivity contribution >= 4 is 28.7 Å². The molecular formula is C19H21IO2. The van der Waals surface area contributed by atoms with Gasteiger partial charge in [0.2, 0.25) is 0 Å². The van der Waals surface area contributed by atoms with Crippen molar-refractivity contribution in [2.45, 2.75) is 13.3 Å². The normalized spacial score (nSPS) is 11.2. The lowest BCUT2D eigenvalue weighted by atomic mass is 9.98. The molecule has 0 heterocycles. The van der Waals surface area contributed by atoms with Gasteiger partial charge in [0.25, 0.3) is 0 Å². The Labute approximate surface area is 146 Å². The summed E-state index contributed by atoms with van der Waals surface area (Å²) in [6.45, 7) is 3.73. The Morgan fingerprint density at radius 2 is 1.77 bits per heavy atom. The standard InChI is InChI=1S/C19H21IO2/c1-2-21-15-22-14-12-16-7-9-18(10-8-16)19-6-4-3-5-17(19)11-13-20/h3-11,13H,2,12,14-15H2,1H3/b13-11+. The van der Waals surface area contributed by atoms with E-state index in [1.165, 1.54) is 22.3 Å². The Morgan fingerprint density at radius 1 is 1.00 bits per heavy atom. The summed E-state index contributed by atoms with van der Waals surface area (Å²) in [5.74, 6) is 0. The quantitative estimate of drug-likeness (QED) is 0.335. The van der Waals surface area contributed by atoms with E-state index in [0.717, 1.165) is 6.42 Å². The number of hydrogen-bond donors (Lipinski definition) is 0. The Morgan fingerprint density at radius 3 is 2.50 bits per heavy atom. The van der Waals surface area contributed by atoms with E-state index in [1.807, 2.05) is 11.0 Å². The van der Waals surface area contributed by atoms with E-state index < -0.39 is 0 Å². The highest BCUT2D eigenvalue weighted by molar-refractivity contribution is 14.1. The summed E-state index contributed by atoms with van der Waals surface area (Å²) in [4.78, 5) is 0. The molecule has 0 radical (unpaired) electrons. The van der Waals surface area contributed by atoms with Gasteiger partial charge in [-0.2, -0.15) is 0 Å². The Kier molecular flexibility index (Phi) is 7.63. The first-order valence-corrected chi connectivity index (χ1v) is 8.70. The van der Waals surface area contributed by atoms with Gasteiger partial charge in [-0.1, -0.05) is 71.1 Å². The lowest BCUT2D eigenvalue weighted by Gasteiger charge is -2.08. The molecule has 0 saturated carbocycles. The third kappa shape index (κ3) is 5.23. The summed E-state index contributed by atoms with van der Waals surface area (Å²) >= 11 is 2.25. The molecule has 2 aromatic rings. The zero-order chi connectivity index (χ0) is 15.6. The first-order valence-electron chi connectivity index (χ1n) is 7.45. The van der Waals surface area contributed by atoms with Crippen LogP contribution in [0.15, 0.2) is 52.6 Å². The largest absolute Gasteiger partial charge is 0.356 e. The highest BCUT2D eigenvalue weighted by Crippen LogP contribution is 2.25. The highest BCUT2D eigenvalue weighted by Gasteiger charge is 2.02. The molecule has 0 saturated heterocycles. The van der Waals surface area contributed by atoms with Crippen molar-refractivity contribution in [1.29, 1.82) is 0 Å². The fourth-order valence-corrected chi connectivity index (χ4v) is 2.60. The maximum Gasteiger partial charge on any atom is 0.146 e. The van der Waals surface area contributed by atoms with Gasteiger partial charge in [0.05, 0.1) is 6.61 Å². The molecule has 2 rings (SSSR count). The lowest BCUT2D eigenvalue weighted by molar-refractivity contribution is -0.0481. The van der Waals surface area contributed by atoms with Gasteiger partial charge in [-0.15, -0.1) is 0 Å². The molecule has 0 spiro atoms. The molecule has 0 N–H and O–H groups in total. The van der Waals surface area contributed by atoms with Gasteiger partial charge in [-0.05, 0) is 45.8 Å². The monoisotopic (exact) mass is 408 g/mol. The molecule has 0 fully saturated rings. The van der Waals surface area contributed by atoms with E-state index in [0.29, 0.717) is 20.0 Å². The van der Waals surface area contributed by atoms with Gasteiger partial charge in [0.15, 0.2) is 0 Å². The van der Waals surface area contributed by atoms with Crippen molar-refractivity contribution in [2.75, 3.05) is 20.0 Å². The minimum Gasteiger partial charge on any atom is -0.356 e. The Hall–Kier alpha value is -1.17. The smallest absolute Gasteiger partial charge is 0.146 e. The number of hydrogen-bond acceptors (Lipinski definition) is 2. The van der Waals surface area contributed by atoms with Crippen LogP contribution in [0.5, 0.6) is 0 Å². The van der Waals surface area contributed by atoms with E-state index in [9.17, 15) is 0 Å². The van der Waals surface area contributed by atoms with Gasteiger partial charge in [-0.25, -0.2) is 0 Å². The first kappa shape index (κ1) is 17.2. The molecule has 0 bridgehead atoms. The van der Waals surface area contributed by atoms with E-state index in [4.69, 9.17) is 9.47 Å². The van der Waals surface area contributed by atoms with E-state index in [-0.39, 0.29) is 0 Å². The van der Waals surface area contributed by atoms with E-state index >= 15 is 0 Å². The predicted octanol–water partition coefficient (Wildman–Crippen LogP) is 5.31. The van der Waals surface area contributed by atoms with Crippen molar-refractivity contribution in [2.24, 2.45) is 0 Å². The van der Waals surface area contributed by atoms with Crippen LogP contribution in [0.4, 0.5) is 0 Å². The Balaban J connectivity index is 2.00. The topological polar surface area (TPSA) is 18.5 Å². The summed E-state index contributed by atoms with van der Waals surface area (Å²) in [5, 5.41) is 0. The number of benzene rings is 2. The summed E-state index contributed by atoms with van der Waals surface area (Å²) < 4.78 is 12.6. The molecule has 0 atom stereocenters. The van der Waals surface area contributed by atoms with Crippen LogP contribution in [0.2, 0.25) is 0 Å². The van der Waals surface area contributed by atoms with Gasteiger partial charge >= 0.3 is 0 Å². The number of halogens is 1. The minimum absolute atomic E-state index is 0.380. The van der Waals surface area contributed by atoms with Crippen molar-refractivity contribution in [3.63, 3.8) is 0 Å². The van der Waals surface area contributed by atoms with Crippen LogP contribution < -0.4 is 0 Å². The number of ether oxygens (including phenoxy) is 2. The summed E-state index contributed by atoms with van der Waals surface area (Å²) in [5.41, 5.74) is 5.02. The second-order valence-corrected chi connectivity index (χ2v) is 5.56. The van der Waals surface area contributed by atoms with Crippen LogP contribution in [0, 0.1) is 0 Å². The van der Waals surface area contributed by atoms with Crippen LogP contribution in [-0.2, 0) is 15.9 Å². The molecule has 2 aromatic carbocycles. The third-order valence-corrected chi connectivity index (χ3v) is 3.73. The third-order valence-electron chi connectivity index (χ3n) is 3.37. The van der Waals surface area contributed by atoms with Crippen LogP contribution in [-0.4, -0.2) is 20.0 Å². The van der Waals surface area contributed by atoms with Gasteiger partial charge in [-0.3, -0.25) is 0 Å². The zero-order valence-electron chi connectivity index (χ0n) is 12.8. The molecule has 0 aliphatic carbocycles. The average molecular weight is 408 g/mol. The summed E-state index contributed by atoms with van der Waals surface area (Å²) in [7, 11) is 0. The van der Waals surface area contributed by atoms with Crippen LogP contribution >= 0.6 is 22.6 Å². The molecule has 116 valence electrons. The maximum absolute atomic E-state index is 5.41. The fraction of sp³-hybridized carbons (Fsp3) is 0.263. The second kappa shape index (κ2) is 9.77. The molecule has 0 amide bonds. The zero-order valence-corrected chi connectivity index (χ0v) is 15.0. The molecule has 22 heavy (non-hydrogen) atoms. The molecule has 0 aromatic heterocycles. The van der Waals surface area contributed by atoms with Crippen molar-refractivity contribution in [1.82, 2.24) is 0 Å². The van der Waals surface area contributed by atoms with Crippen LogP contribution in [0.1, 0.15) is 18.1 Å².